The number of carbonyl (C=O) groups is 2. The zero-order valence-electron chi connectivity index (χ0n) is 17.7. The summed E-state index contributed by atoms with van der Waals surface area (Å²) < 4.78 is 7.25. The van der Waals surface area contributed by atoms with Gasteiger partial charge in [-0.25, -0.2) is 0 Å². The second-order valence-electron chi connectivity index (χ2n) is 7.26. The number of amides is 2. The lowest BCUT2D eigenvalue weighted by Gasteiger charge is -2.13. The minimum Gasteiger partial charge on any atom is -0.497 e. The molecule has 0 saturated heterocycles. The van der Waals surface area contributed by atoms with Gasteiger partial charge in [-0.15, -0.1) is 0 Å². The lowest BCUT2D eigenvalue weighted by Crippen LogP contribution is -2.38. The highest BCUT2D eigenvalue weighted by Gasteiger charge is 2.17. The molecule has 0 fully saturated rings. The average Bonchev–Trinajstić information content (AvgIpc) is 3.10. The molecule has 0 saturated carbocycles. The number of methoxy groups -OCH3 is 1. The Bertz CT molecular complexity index is 1080. The number of rotatable bonds is 7. The monoisotopic (exact) mass is 405 g/mol. The largest absolute Gasteiger partial charge is 0.497 e. The van der Waals surface area contributed by atoms with Crippen LogP contribution < -0.4 is 15.4 Å². The first-order chi connectivity index (χ1) is 14.4. The lowest BCUT2D eigenvalue weighted by molar-refractivity contribution is -0.118. The van der Waals surface area contributed by atoms with Crippen molar-refractivity contribution < 1.29 is 14.3 Å². The molecular weight excluding hydrogens is 378 g/mol. The van der Waals surface area contributed by atoms with E-state index >= 15 is 0 Å². The summed E-state index contributed by atoms with van der Waals surface area (Å²) in [6.07, 6.45) is 3.72. The van der Waals surface area contributed by atoms with E-state index in [4.69, 9.17) is 4.74 Å². The van der Waals surface area contributed by atoms with Crippen molar-refractivity contribution in [2.45, 2.75) is 33.4 Å². The number of hydrogen-bond donors (Lipinski definition) is 2. The molecule has 0 aliphatic rings. The molecule has 0 atom stereocenters. The molecule has 1 heterocycles. The van der Waals surface area contributed by atoms with Gasteiger partial charge >= 0.3 is 0 Å². The Morgan fingerprint density at radius 2 is 1.80 bits per heavy atom. The maximum Gasteiger partial charge on any atom is 0.268 e. The minimum atomic E-state index is -0.359. The molecule has 0 unspecified atom stereocenters. The first kappa shape index (κ1) is 21.2. The van der Waals surface area contributed by atoms with Crippen LogP contribution in [0.4, 0.5) is 0 Å². The number of benzene rings is 2. The molecule has 6 nitrogen and oxygen atoms in total. The Morgan fingerprint density at radius 1 is 1.10 bits per heavy atom. The predicted molar refractivity (Wildman–Crippen MR) is 119 cm³/mol. The van der Waals surface area contributed by atoms with E-state index in [1.165, 1.54) is 0 Å². The number of fused-ring (bicyclic) bond motifs is 1. The summed E-state index contributed by atoms with van der Waals surface area (Å²) in [5.74, 6) is -0.0329. The summed E-state index contributed by atoms with van der Waals surface area (Å²) in [7, 11) is 1.57. The van der Waals surface area contributed by atoms with Gasteiger partial charge in [0, 0.05) is 40.8 Å². The number of carbonyl (C=O) groups excluding carboxylic acids is 2. The normalized spacial score (nSPS) is 11.6. The van der Waals surface area contributed by atoms with Gasteiger partial charge in [0.2, 0.25) is 0 Å². The highest BCUT2D eigenvalue weighted by atomic mass is 16.5. The van der Waals surface area contributed by atoms with Crippen molar-refractivity contribution >= 4 is 28.8 Å². The van der Waals surface area contributed by atoms with Crippen molar-refractivity contribution in [3.8, 4) is 5.75 Å². The van der Waals surface area contributed by atoms with Crippen LogP contribution in [0.25, 0.3) is 17.0 Å². The number of aromatic nitrogens is 1. The number of nitrogens with zero attached hydrogens (tertiary/aromatic N) is 1. The van der Waals surface area contributed by atoms with E-state index in [9.17, 15) is 9.59 Å². The highest BCUT2D eigenvalue weighted by molar-refractivity contribution is 6.06. The minimum absolute atomic E-state index is 0.0595. The van der Waals surface area contributed by atoms with Gasteiger partial charge in [0.25, 0.3) is 11.8 Å². The smallest absolute Gasteiger partial charge is 0.268 e. The third kappa shape index (κ3) is 4.71. The molecule has 2 aromatic carbocycles. The topological polar surface area (TPSA) is 72.4 Å². The molecule has 0 radical (unpaired) electrons. The van der Waals surface area contributed by atoms with Crippen LogP contribution in [0.2, 0.25) is 0 Å². The van der Waals surface area contributed by atoms with Crippen molar-refractivity contribution in [3.63, 3.8) is 0 Å². The third-order valence-electron chi connectivity index (χ3n) is 4.72. The van der Waals surface area contributed by atoms with Crippen LogP contribution in [0, 0.1) is 0 Å². The van der Waals surface area contributed by atoms with Gasteiger partial charge < -0.3 is 19.9 Å². The second-order valence-corrected chi connectivity index (χ2v) is 7.26. The fourth-order valence-corrected chi connectivity index (χ4v) is 3.24. The molecular formula is C24H27N3O3. The van der Waals surface area contributed by atoms with Gasteiger partial charge in [-0.1, -0.05) is 18.2 Å². The number of ether oxygens (including phenoxy) is 1. The fraction of sp³-hybridized carbons (Fsp3) is 0.250. The van der Waals surface area contributed by atoms with Crippen molar-refractivity contribution in [1.82, 2.24) is 15.2 Å². The Labute approximate surface area is 176 Å². The van der Waals surface area contributed by atoms with Gasteiger partial charge in [-0.05, 0) is 57.2 Å². The summed E-state index contributed by atoms with van der Waals surface area (Å²) in [5.41, 5.74) is 2.59. The summed E-state index contributed by atoms with van der Waals surface area (Å²) in [4.78, 5) is 25.6. The summed E-state index contributed by atoms with van der Waals surface area (Å²) >= 11 is 0. The van der Waals surface area contributed by atoms with Crippen molar-refractivity contribution in [1.29, 1.82) is 0 Å². The van der Waals surface area contributed by atoms with E-state index in [-0.39, 0.29) is 23.6 Å². The van der Waals surface area contributed by atoms with Crippen LogP contribution in [-0.4, -0.2) is 29.5 Å². The third-order valence-corrected chi connectivity index (χ3v) is 4.72. The second kappa shape index (κ2) is 9.31. The predicted octanol–water partition coefficient (Wildman–Crippen LogP) is 3.97. The fourth-order valence-electron chi connectivity index (χ4n) is 3.24. The molecule has 2 N–H and O–H groups in total. The molecule has 1 aromatic heterocycles. The maximum absolute atomic E-state index is 12.8. The van der Waals surface area contributed by atoms with Crippen LogP contribution in [0.5, 0.6) is 5.75 Å². The summed E-state index contributed by atoms with van der Waals surface area (Å²) in [6.45, 7) is 6.63. The van der Waals surface area contributed by atoms with Crippen LogP contribution in [0.3, 0.4) is 0 Å². The van der Waals surface area contributed by atoms with Gasteiger partial charge in [0.1, 0.15) is 11.4 Å². The number of hydrogen-bond acceptors (Lipinski definition) is 3. The zero-order chi connectivity index (χ0) is 21.7. The Morgan fingerprint density at radius 3 is 2.43 bits per heavy atom. The standard InChI is InChI=1S/C24H27N3O3/c1-5-27-15-18(20-8-6-7-9-22(20)27)14-21(24(29)25-16(2)3)26-23(28)17-10-12-19(30-4)13-11-17/h6-16H,5H2,1-4H3,(H,25,29)(H,26,28). The van der Waals surface area contributed by atoms with Crippen molar-refractivity contribution in [2.75, 3.05) is 7.11 Å². The lowest BCUT2D eigenvalue weighted by atomic mass is 10.1. The molecule has 2 amide bonds. The van der Waals surface area contributed by atoms with E-state index in [2.05, 4.69) is 22.1 Å². The van der Waals surface area contributed by atoms with Crippen molar-refractivity contribution in [3.05, 3.63) is 71.6 Å². The maximum atomic E-state index is 12.8. The van der Waals surface area contributed by atoms with E-state index in [0.717, 1.165) is 23.0 Å². The van der Waals surface area contributed by atoms with E-state index in [0.29, 0.717) is 11.3 Å². The molecule has 0 bridgehead atoms. The summed E-state index contributed by atoms with van der Waals surface area (Å²) in [6, 6.07) is 14.7. The Kier molecular flexibility index (Phi) is 6.57. The molecule has 0 aliphatic carbocycles. The quantitative estimate of drug-likeness (QED) is 0.585. The molecule has 0 spiro atoms. The van der Waals surface area contributed by atoms with Gasteiger partial charge in [-0.2, -0.15) is 0 Å². The number of aryl methyl sites for hydroxylation is 1. The van der Waals surface area contributed by atoms with Crippen LogP contribution in [0.15, 0.2) is 60.4 Å². The van der Waals surface area contributed by atoms with E-state index in [1.54, 1.807) is 37.5 Å². The SMILES string of the molecule is CCn1cc(C=C(NC(=O)c2ccc(OC)cc2)C(=O)NC(C)C)c2ccccc21. The summed E-state index contributed by atoms with van der Waals surface area (Å²) in [5, 5.41) is 6.66. The molecule has 0 aliphatic heterocycles. The van der Waals surface area contributed by atoms with Gasteiger partial charge in [-0.3, -0.25) is 9.59 Å². The molecule has 156 valence electrons. The van der Waals surface area contributed by atoms with Crippen LogP contribution >= 0.6 is 0 Å². The van der Waals surface area contributed by atoms with Gasteiger partial charge in [0.15, 0.2) is 0 Å². The van der Waals surface area contributed by atoms with Crippen LogP contribution in [-0.2, 0) is 11.3 Å². The molecule has 3 aromatic rings. The Balaban J connectivity index is 1.98. The number of para-hydroxylation sites is 1. The zero-order valence-corrected chi connectivity index (χ0v) is 17.7. The first-order valence-corrected chi connectivity index (χ1v) is 9.98. The van der Waals surface area contributed by atoms with Crippen LogP contribution in [0.1, 0.15) is 36.7 Å². The molecule has 30 heavy (non-hydrogen) atoms. The molecule has 6 heteroatoms. The first-order valence-electron chi connectivity index (χ1n) is 9.98. The highest BCUT2D eigenvalue weighted by Crippen LogP contribution is 2.23. The Hall–Kier alpha value is -3.54. The van der Waals surface area contributed by atoms with Gasteiger partial charge in [0.05, 0.1) is 7.11 Å². The van der Waals surface area contributed by atoms with E-state index < -0.39 is 0 Å². The van der Waals surface area contributed by atoms with E-state index in [1.807, 2.05) is 44.3 Å². The van der Waals surface area contributed by atoms with Crippen molar-refractivity contribution in [2.24, 2.45) is 0 Å². The number of nitrogens with one attached hydrogen (secondary N) is 2. The molecule has 3 rings (SSSR count). The average molecular weight is 405 g/mol.